The van der Waals surface area contributed by atoms with E-state index >= 15 is 0 Å². The predicted molar refractivity (Wildman–Crippen MR) is 109 cm³/mol. The van der Waals surface area contributed by atoms with Crippen molar-refractivity contribution < 1.29 is 9.59 Å². The summed E-state index contributed by atoms with van der Waals surface area (Å²) in [5.74, 6) is -0.347. The molecular weight excluding hydrogens is 410 g/mol. The molecule has 6 nitrogen and oxygen atoms in total. The largest absolute Gasteiger partial charge is 0.354 e. The number of carbonyl (C=O) groups is 2. The molecule has 27 heavy (non-hydrogen) atoms. The van der Waals surface area contributed by atoms with Gasteiger partial charge in [0, 0.05) is 39.4 Å². The first kappa shape index (κ1) is 19.6. The summed E-state index contributed by atoms with van der Waals surface area (Å²) >= 11 is 3.35. The SMILES string of the molecule is CC(C)NC(=O)C1CCCC(NC(=O)c2cc(=O)c3cc(Br)ccc3[nH]2)C1. The van der Waals surface area contributed by atoms with Crippen molar-refractivity contribution in [3.05, 3.63) is 44.7 Å². The molecule has 1 saturated carbocycles. The summed E-state index contributed by atoms with van der Waals surface area (Å²) in [5, 5.41) is 6.46. The molecule has 1 heterocycles. The van der Waals surface area contributed by atoms with Crippen LogP contribution in [0.2, 0.25) is 0 Å². The minimum absolute atomic E-state index is 0.0497. The van der Waals surface area contributed by atoms with Gasteiger partial charge in [-0.15, -0.1) is 0 Å². The van der Waals surface area contributed by atoms with Crippen LogP contribution in [0.1, 0.15) is 50.0 Å². The Labute approximate surface area is 166 Å². The quantitative estimate of drug-likeness (QED) is 0.691. The molecule has 1 fully saturated rings. The van der Waals surface area contributed by atoms with Gasteiger partial charge in [0.15, 0.2) is 5.43 Å². The molecule has 1 aromatic carbocycles. The predicted octanol–water partition coefficient (Wildman–Crippen LogP) is 3.10. The minimum atomic E-state index is -0.313. The number of nitrogens with one attached hydrogen (secondary N) is 3. The number of amides is 2. The van der Waals surface area contributed by atoms with E-state index < -0.39 is 0 Å². The van der Waals surface area contributed by atoms with E-state index in [-0.39, 0.29) is 40.9 Å². The second-order valence-corrected chi connectivity index (χ2v) is 8.35. The highest BCUT2D eigenvalue weighted by molar-refractivity contribution is 9.10. The summed E-state index contributed by atoms with van der Waals surface area (Å²) in [5.41, 5.74) is 0.658. The molecule has 144 valence electrons. The highest BCUT2D eigenvalue weighted by atomic mass is 79.9. The van der Waals surface area contributed by atoms with Gasteiger partial charge in [0.05, 0.1) is 0 Å². The number of aromatic amines is 1. The van der Waals surface area contributed by atoms with Crippen molar-refractivity contribution in [1.29, 1.82) is 0 Å². The first-order valence-electron chi connectivity index (χ1n) is 9.27. The molecule has 0 bridgehead atoms. The number of fused-ring (bicyclic) bond motifs is 1. The third-order valence-electron chi connectivity index (χ3n) is 4.85. The molecular formula is C20H24BrN3O3. The lowest BCUT2D eigenvalue weighted by Crippen LogP contribution is -2.44. The standard InChI is InChI=1S/C20H24BrN3O3/c1-11(2)22-19(26)12-4-3-5-14(8-12)23-20(27)17-10-18(25)15-9-13(21)6-7-16(15)24-17/h6-7,9-12,14H,3-5,8H2,1-2H3,(H,22,26)(H,23,27)(H,24,25). The lowest BCUT2D eigenvalue weighted by atomic mass is 9.85. The molecule has 2 unspecified atom stereocenters. The van der Waals surface area contributed by atoms with Gasteiger partial charge in [0.2, 0.25) is 5.91 Å². The van der Waals surface area contributed by atoms with Gasteiger partial charge < -0.3 is 15.6 Å². The first-order chi connectivity index (χ1) is 12.8. The fraction of sp³-hybridized carbons (Fsp3) is 0.450. The summed E-state index contributed by atoms with van der Waals surface area (Å²) in [4.78, 5) is 40.2. The van der Waals surface area contributed by atoms with E-state index in [4.69, 9.17) is 0 Å². The van der Waals surface area contributed by atoms with E-state index in [1.165, 1.54) is 6.07 Å². The van der Waals surface area contributed by atoms with Crippen molar-refractivity contribution in [2.45, 2.75) is 51.6 Å². The summed E-state index contributed by atoms with van der Waals surface area (Å²) in [6.07, 6.45) is 3.19. The van der Waals surface area contributed by atoms with Gasteiger partial charge in [-0.3, -0.25) is 14.4 Å². The summed E-state index contributed by atoms with van der Waals surface area (Å²) in [6, 6.07) is 6.68. The zero-order valence-corrected chi connectivity index (χ0v) is 17.1. The molecule has 2 atom stereocenters. The number of hydrogen-bond donors (Lipinski definition) is 3. The zero-order chi connectivity index (χ0) is 19.6. The normalized spacial score (nSPS) is 19.9. The van der Waals surface area contributed by atoms with Gasteiger partial charge in [0.1, 0.15) is 5.69 Å². The molecule has 2 amide bonds. The topological polar surface area (TPSA) is 91.1 Å². The number of hydrogen-bond acceptors (Lipinski definition) is 3. The smallest absolute Gasteiger partial charge is 0.268 e. The lowest BCUT2D eigenvalue weighted by Gasteiger charge is -2.29. The van der Waals surface area contributed by atoms with E-state index in [1.54, 1.807) is 12.1 Å². The number of carbonyl (C=O) groups excluding carboxylic acids is 2. The molecule has 1 aliphatic rings. The Balaban J connectivity index is 1.71. The second-order valence-electron chi connectivity index (χ2n) is 7.43. The molecule has 0 saturated heterocycles. The zero-order valence-electron chi connectivity index (χ0n) is 15.5. The Morgan fingerprint density at radius 2 is 2.00 bits per heavy atom. The highest BCUT2D eigenvalue weighted by Gasteiger charge is 2.28. The molecule has 0 aliphatic heterocycles. The van der Waals surface area contributed by atoms with Crippen LogP contribution in [0, 0.1) is 5.92 Å². The van der Waals surface area contributed by atoms with Crippen LogP contribution in [0.5, 0.6) is 0 Å². The minimum Gasteiger partial charge on any atom is -0.354 e. The van der Waals surface area contributed by atoms with Crippen LogP contribution in [-0.2, 0) is 4.79 Å². The van der Waals surface area contributed by atoms with E-state index in [2.05, 4.69) is 31.5 Å². The van der Waals surface area contributed by atoms with Crippen LogP contribution < -0.4 is 16.1 Å². The molecule has 3 rings (SSSR count). The van der Waals surface area contributed by atoms with Crippen molar-refractivity contribution in [1.82, 2.24) is 15.6 Å². The van der Waals surface area contributed by atoms with Gasteiger partial charge in [-0.2, -0.15) is 0 Å². The molecule has 1 aliphatic carbocycles. The number of benzene rings is 1. The van der Waals surface area contributed by atoms with Crippen molar-refractivity contribution in [2.75, 3.05) is 0 Å². The average molecular weight is 434 g/mol. The third kappa shape index (κ3) is 4.77. The molecule has 2 aromatic rings. The number of aromatic nitrogens is 1. The maximum Gasteiger partial charge on any atom is 0.268 e. The fourth-order valence-corrected chi connectivity index (χ4v) is 3.93. The van der Waals surface area contributed by atoms with Crippen molar-refractivity contribution in [3.8, 4) is 0 Å². The average Bonchev–Trinajstić information content (AvgIpc) is 2.61. The molecule has 3 N–H and O–H groups in total. The number of halogens is 1. The first-order valence-corrected chi connectivity index (χ1v) is 10.1. The Bertz CT molecular complexity index is 922. The van der Waals surface area contributed by atoms with Gasteiger partial charge >= 0.3 is 0 Å². The highest BCUT2D eigenvalue weighted by Crippen LogP contribution is 2.25. The third-order valence-corrected chi connectivity index (χ3v) is 5.34. The monoisotopic (exact) mass is 433 g/mol. The summed E-state index contributed by atoms with van der Waals surface area (Å²) in [7, 11) is 0. The Morgan fingerprint density at radius 1 is 1.22 bits per heavy atom. The van der Waals surface area contributed by atoms with Crippen LogP contribution in [0.4, 0.5) is 0 Å². The van der Waals surface area contributed by atoms with Crippen LogP contribution in [0.25, 0.3) is 10.9 Å². The van der Waals surface area contributed by atoms with E-state index in [0.29, 0.717) is 17.3 Å². The fourth-order valence-electron chi connectivity index (χ4n) is 3.57. The molecule has 1 aromatic heterocycles. The van der Waals surface area contributed by atoms with Crippen molar-refractivity contribution >= 4 is 38.6 Å². The van der Waals surface area contributed by atoms with Crippen molar-refractivity contribution in [2.24, 2.45) is 5.92 Å². The number of H-pyrrole nitrogens is 1. The Kier molecular flexibility index (Phi) is 5.99. The summed E-state index contributed by atoms with van der Waals surface area (Å²) in [6.45, 7) is 3.88. The maximum atomic E-state index is 12.6. The molecule has 7 heteroatoms. The maximum absolute atomic E-state index is 12.6. The van der Waals surface area contributed by atoms with Crippen LogP contribution in [0.15, 0.2) is 33.5 Å². The molecule has 0 spiro atoms. The van der Waals surface area contributed by atoms with Gasteiger partial charge in [0.25, 0.3) is 5.91 Å². The Morgan fingerprint density at radius 3 is 2.74 bits per heavy atom. The summed E-state index contributed by atoms with van der Waals surface area (Å²) < 4.78 is 0.811. The number of rotatable bonds is 4. The molecule has 0 radical (unpaired) electrons. The van der Waals surface area contributed by atoms with Crippen LogP contribution in [-0.4, -0.2) is 28.9 Å². The Hall–Kier alpha value is -2.15. The van der Waals surface area contributed by atoms with Gasteiger partial charge in [-0.25, -0.2) is 0 Å². The van der Waals surface area contributed by atoms with E-state index in [9.17, 15) is 14.4 Å². The van der Waals surface area contributed by atoms with E-state index in [1.807, 2.05) is 19.9 Å². The number of pyridine rings is 1. The van der Waals surface area contributed by atoms with Crippen LogP contribution >= 0.6 is 15.9 Å². The van der Waals surface area contributed by atoms with Gasteiger partial charge in [-0.1, -0.05) is 22.4 Å². The van der Waals surface area contributed by atoms with Crippen molar-refractivity contribution in [3.63, 3.8) is 0 Å². The second kappa shape index (κ2) is 8.25. The van der Waals surface area contributed by atoms with Gasteiger partial charge in [-0.05, 0) is 51.3 Å². The van der Waals surface area contributed by atoms with Crippen LogP contribution in [0.3, 0.4) is 0 Å². The van der Waals surface area contributed by atoms with E-state index in [0.717, 1.165) is 23.7 Å². The lowest BCUT2D eigenvalue weighted by molar-refractivity contribution is -0.126.